The lowest BCUT2D eigenvalue weighted by Crippen LogP contribution is -2.62. The second-order valence-electron chi connectivity index (χ2n) is 8.09. The molecule has 4 bridgehead atoms. The summed E-state index contributed by atoms with van der Waals surface area (Å²) in [5.41, 5.74) is -0.125. The third-order valence-corrected chi connectivity index (χ3v) is 6.31. The lowest BCUT2D eigenvalue weighted by atomic mass is 9.53. The Balaban J connectivity index is 1.29. The van der Waals surface area contributed by atoms with Crippen molar-refractivity contribution in [2.45, 2.75) is 44.1 Å². The predicted octanol–water partition coefficient (Wildman–Crippen LogP) is 4.17. The molecule has 0 saturated heterocycles. The summed E-state index contributed by atoms with van der Waals surface area (Å²) in [5.74, 6) is 2.08. The fourth-order valence-corrected chi connectivity index (χ4v) is 5.97. The first-order valence-corrected chi connectivity index (χ1v) is 9.86. The van der Waals surface area contributed by atoms with Gasteiger partial charge in [-0.25, -0.2) is 4.79 Å². The Kier molecular flexibility index (Phi) is 4.78. The summed E-state index contributed by atoms with van der Waals surface area (Å²) in [5, 5.41) is 6.32. The van der Waals surface area contributed by atoms with Crippen molar-refractivity contribution in [1.29, 1.82) is 0 Å². The zero-order valence-corrected chi connectivity index (χ0v) is 15.9. The number of carbonyl (C=O) groups excluding carboxylic acids is 2. The van der Waals surface area contributed by atoms with Crippen LogP contribution in [-0.2, 0) is 4.79 Å². The SMILES string of the molecule is O=C(COc1cc(Cl)cc(Cl)c1)NC(=O)NC12CC3CC(CC(C3)C1)C2. The summed E-state index contributed by atoms with van der Waals surface area (Å²) in [6.45, 7) is -0.273. The van der Waals surface area contributed by atoms with Gasteiger partial charge in [0.25, 0.3) is 5.91 Å². The van der Waals surface area contributed by atoms with Crippen molar-refractivity contribution in [2.75, 3.05) is 6.61 Å². The molecular weight excluding hydrogens is 375 g/mol. The highest BCUT2D eigenvalue weighted by Gasteiger charge is 2.51. The summed E-state index contributed by atoms with van der Waals surface area (Å²) >= 11 is 11.8. The Morgan fingerprint density at radius 2 is 1.54 bits per heavy atom. The van der Waals surface area contributed by atoms with Crippen LogP contribution in [0.15, 0.2) is 18.2 Å². The highest BCUT2D eigenvalue weighted by atomic mass is 35.5. The third-order valence-electron chi connectivity index (χ3n) is 5.88. The molecule has 0 heterocycles. The van der Waals surface area contributed by atoms with Crippen molar-refractivity contribution in [2.24, 2.45) is 17.8 Å². The second kappa shape index (κ2) is 6.93. The lowest BCUT2D eigenvalue weighted by Gasteiger charge is -2.56. The number of urea groups is 1. The molecule has 0 aromatic heterocycles. The van der Waals surface area contributed by atoms with E-state index in [-0.39, 0.29) is 12.1 Å². The number of hydrogen-bond donors (Lipinski definition) is 2. The minimum Gasteiger partial charge on any atom is -0.484 e. The molecule has 5 rings (SSSR count). The predicted molar refractivity (Wildman–Crippen MR) is 99.5 cm³/mol. The Bertz CT molecular complexity index is 682. The van der Waals surface area contributed by atoms with E-state index in [4.69, 9.17) is 27.9 Å². The third kappa shape index (κ3) is 3.94. The largest absolute Gasteiger partial charge is 0.484 e. The van der Waals surface area contributed by atoms with Crippen molar-refractivity contribution in [3.8, 4) is 5.75 Å². The Morgan fingerprint density at radius 1 is 1.00 bits per heavy atom. The zero-order valence-electron chi connectivity index (χ0n) is 14.4. The molecule has 5 nitrogen and oxygen atoms in total. The van der Waals surface area contributed by atoms with Crippen LogP contribution in [-0.4, -0.2) is 24.1 Å². The molecule has 4 saturated carbocycles. The van der Waals surface area contributed by atoms with Gasteiger partial charge in [-0.1, -0.05) is 23.2 Å². The van der Waals surface area contributed by atoms with Crippen LogP contribution >= 0.6 is 23.2 Å². The number of amides is 3. The van der Waals surface area contributed by atoms with Crippen LogP contribution in [0.5, 0.6) is 5.75 Å². The van der Waals surface area contributed by atoms with Gasteiger partial charge < -0.3 is 10.1 Å². The van der Waals surface area contributed by atoms with Crippen molar-refractivity contribution in [3.63, 3.8) is 0 Å². The van der Waals surface area contributed by atoms with E-state index in [1.54, 1.807) is 18.2 Å². The average molecular weight is 397 g/mol. The van der Waals surface area contributed by atoms with Gasteiger partial charge in [0, 0.05) is 15.6 Å². The maximum Gasteiger partial charge on any atom is 0.321 e. The normalized spacial score (nSPS) is 31.5. The topological polar surface area (TPSA) is 67.4 Å². The van der Waals surface area contributed by atoms with Crippen molar-refractivity contribution in [1.82, 2.24) is 10.6 Å². The van der Waals surface area contributed by atoms with Gasteiger partial charge in [-0.2, -0.15) is 0 Å². The van der Waals surface area contributed by atoms with Crippen LogP contribution in [0.1, 0.15) is 38.5 Å². The fraction of sp³-hybridized carbons (Fsp3) is 0.579. The molecule has 0 radical (unpaired) electrons. The molecule has 4 aliphatic rings. The molecule has 4 fully saturated rings. The van der Waals surface area contributed by atoms with Crippen molar-refractivity contribution < 1.29 is 14.3 Å². The minimum absolute atomic E-state index is 0.125. The number of carbonyl (C=O) groups is 2. The summed E-state index contributed by atoms with van der Waals surface area (Å²) in [7, 11) is 0. The van der Waals surface area contributed by atoms with Gasteiger partial charge in [0.15, 0.2) is 6.61 Å². The van der Waals surface area contributed by atoms with Crippen LogP contribution in [0.4, 0.5) is 4.79 Å². The highest BCUT2D eigenvalue weighted by molar-refractivity contribution is 6.34. The van der Waals surface area contributed by atoms with Gasteiger partial charge in [-0.3, -0.25) is 10.1 Å². The van der Waals surface area contributed by atoms with Crippen LogP contribution in [0.2, 0.25) is 10.0 Å². The van der Waals surface area contributed by atoms with Gasteiger partial charge in [-0.05, 0) is 74.5 Å². The van der Waals surface area contributed by atoms with Gasteiger partial charge >= 0.3 is 6.03 Å². The number of ether oxygens (including phenoxy) is 1. The van der Waals surface area contributed by atoms with E-state index in [1.165, 1.54) is 19.3 Å². The molecule has 0 atom stereocenters. The smallest absolute Gasteiger partial charge is 0.321 e. The van der Waals surface area contributed by atoms with Crippen molar-refractivity contribution >= 4 is 35.1 Å². The first-order chi connectivity index (χ1) is 12.4. The first kappa shape index (κ1) is 17.9. The molecule has 7 heteroatoms. The monoisotopic (exact) mass is 396 g/mol. The number of benzene rings is 1. The van der Waals surface area contributed by atoms with E-state index in [1.807, 2.05) is 0 Å². The molecule has 2 N–H and O–H groups in total. The summed E-state index contributed by atoms with van der Waals surface area (Å²) in [6.07, 6.45) is 7.03. The van der Waals surface area contributed by atoms with Crippen LogP contribution in [0.25, 0.3) is 0 Å². The molecule has 140 valence electrons. The first-order valence-electron chi connectivity index (χ1n) is 9.10. The fourth-order valence-electron chi connectivity index (χ4n) is 5.46. The average Bonchev–Trinajstić information content (AvgIpc) is 2.50. The number of nitrogens with one attached hydrogen (secondary N) is 2. The van der Waals surface area contributed by atoms with Gasteiger partial charge in [0.2, 0.25) is 0 Å². The Labute approximate surface area is 162 Å². The quantitative estimate of drug-likeness (QED) is 0.802. The van der Waals surface area contributed by atoms with Gasteiger partial charge in [0.1, 0.15) is 5.75 Å². The molecule has 4 aliphatic carbocycles. The van der Waals surface area contributed by atoms with E-state index >= 15 is 0 Å². The summed E-state index contributed by atoms with van der Waals surface area (Å²) in [4.78, 5) is 24.3. The molecule has 26 heavy (non-hydrogen) atoms. The molecule has 0 aliphatic heterocycles. The van der Waals surface area contributed by atoms with E-state index in [9.17, 15) is 9.59 Å². The molecule has 0 unspecified atom stereocenters. The number of rotatable bonds is 4. The van der Waals surface area contributed by atoms with Crippen molar-refractivity contribution in [3.05, 3.63) is 28.2 Å². The van der Waals surface area contributed by atoms with Crippen LogP contribution in [0, 0.1) is 17.8 Å². The van der Waals surface area contributed by atoms with E-state index in [0.717, 1.165) is 37.0 Å². The lowest BCUT2D eigenvalue weighted by molar-refractivity contribution is -0.122. The highest BCUT2D eigenvalue weighted by Crippen LogP contribution is 2.55. The van der Waals surface area contributed by atoms with E-state index in [2.05, 4.69) is 10.6 Å². The molecule has 1 aromatic rings. The number of imide groups is 1. The molecular formula is C19H22Cl2N2O3. The summed E-state index contributed by atoms with van der Waals surface area (Å²) < 4.78 is 5.36. The zero-order chi connectivity index (χ0) is 18.3. The van der Waals surface area contributed by atoms with Gasteiger partial charge in [-0.15, -0.1) is 0 Å². The molecule has 1 aromatic carbocycles. The standard InChI is InChI=1S/C19H22Cl2N2O3/c20-14-4-15(21)6-16(5-14)26-10-17(24)22-18(25)23-19-7-11-1-12(8-19)3-13(2-11)9-19/h4-6,11-13H,1-3,7-10H2,(H2,22,23,24,25). The van der Waals surface area contributed by atoms with E-state index in [0.29, 0.717) is 15.8 Å². The molecule has 3 amide bonds. The Morgan fingerprint density at radius 3 is 2.08 bits per heavy atom. The number of hydrogen-bond acceptors (Lipinski definition) is 3. The Hall–Kier alpha value is -1.46. The summed E-state index contributed by atoms with van der Waals surface area (Å²) in [6, 6.07) is 4.28. The second-order valence-corrected chi connectivity index (χ2v) is 8.97. The minimum atomic E-state index is -0.497. The molecule has 0 spiro atoms. The van der Waals surface area contributed by atoms with Crippen LogP contribution in [0.3, 0.4) is 0 Å². The number of halogens is 2. The van der Waals surface area contributed by atoms with E-state index < -0.39 is 11.9 Å². The van der Waals surface area contributed by atoms with Gasteiger partial charge in [0.05, 0.1) is 0 Å². The van der Waals surface area contributed by atoms with Crippen LogP contribution < -0.4 is 15.4 Å². The maximum absolute atomic E-state index is 12.3. The maximum atomic E-state index is 12.3.